The molecule has 0 radical (unpaired) electrons. The second kappa shape index (κ2) is 5.95. The molecule has 0 fully saturated rings. The highest BCUT2D eigenvalue weighted by Gasteiger charge is 2.22. The molecule has 2 unspecified atom stereocenters. The first-order valence-corrected chi connectivity index (χ1v) is 7.53. The quantitative estimate of drug-likeness (QED) is 0.909. The van der Waals surface area contributed by atoms with Crippen molar-refractivity contribution in [1.82, 2.24) is 15.5 Å². The van der Waals surface area contributed by atoms with Crippen LogP contribution >= 0.6 is 27.3 Å². The van der Waals surface area contributed by atoms with Crippen molar-refractivity contribution in [3.63, 3.8) is 0 Å². The van der Waals surface area contributed by atoms with Gasteiger partial charge in [-0.25, -0.2) is 0 Å². The van der Waals surface area contributed by atoms with Gasteiger partial charge < -0.3 is 9.84 Å². The van der Waals surface area contributed by atoms with Crippen molar-refractivity contribution in [1.29, 1.82) is 0 Å². The largest absolute Gasteiger partial charge is 0.339 e. The molecule has 2 aromatic rings. The van der Waals surface area contributed by atoms with Crippen molar-refractivity contribution in [2.75, 3.05) is 7.05 Å². The van der Waals surface area contributed by atoms with Crippen LogP contribution in [0, 0.1) is 0 Å². The Morgan fingerprint density at radius 1 is 1.50 bits per heavy atom. The van der Waals surface area contributed by atoms with Gasteiger partial charge in [0.2, 0.25) is 11.7 Å². The van der Waals surface area contributed by atoms with Crippen LogP contribution in [0.4, 0.5) is 0 Å². The number of aromatic nitrogens is 2. The van der Waals surface area contributed by atoms with Crippen LogP contribution in [0.5, 0.6) is 0 Å². The van der Waals surface area contributed by atoms with E-state index in [-0.39, 0.29) is 5.92 Å². The van der Waals surface area contributed by atoms with Crippen molar-refractivity contribution in [2.45, 2.75) is 32.2 Å². The molecule has 4 nitrogen and oxygen atoms in total. The number of rotatable bonds is 5. The van der Waals surface area contributed by atoms with Gasteiger partial charge in [-0.05, 0) is 41.5 Å². The van der Waals surface area contributed by atoms with Crippen molar-refractivity contribution in [2.24, 2.45) is 0 Å². The lowest BCUT2D eigenvalue weighted by molar-refractivity contribution is 0.326. The Hall–Kier alpha value is -0.720. The van der Waals surface area contributed by atoms with E-state index in [1.807, 2.05) is 19.2 Å². The van der Waals surface area contributed by atoms with Crippen LogP contribution < -0.4 is 5.32 Å². The molecule has 1 N–H and O–H groups in total. The van der Waals surface area contributed by atoms with Gasteiger partial charge in [-0.2, -0.15) is 4.98 Å². The van der Waals surface area contributed by atoms with Gasteiger partial charge in [-0.3, -0.25) is 0 Å². The Balaban J connectivity index is 2.20. The molecule has 2 heterocycles. The maximum absolute atomic E-state index is 5.36. The fourth-order valence-corrected chi connectivity index (χ4v) is 3.25. The fourth-order valence-electron chi connectivity index (χ4n) is 1.93. The molecule has 0 amide bonds. The SMILES string of the molecule is CCC(NC)C(C)c1nc(-c2ccc(Br)s2)no1. The molecule has 0 saturated carbocycles. The van der Waals surface area contributed by atoms with Crippen LogP contribution in [-0.4, -0.2) is 23.2 Å². The Morgan fingerprint density at radius 3 is 2.83 bits per heavy atom. The van der Waals surface area contributed by atoms with Gasteiger partial charge in [0.15, 0.2) is 0 Å². The van der Waals surface area contributed by atoms with Gasteiger partial charge in [0, 0.05) is 6.04 Å². The molecule has 0 aliphatic carbocycles. The lowest BCUT2D eigenvalue weighted by atomic mass is 10.00. The number of nitrogens with one attached hydrogen (secondary N) is 1. The smallest absolute Gasteiger partial charge is 0.231 e. The van der Waals surface area contributed by atoms with Crippen LogP contribution in [-0.2, 0) is 0 Å². The summed E-state index contributed by atoms with van der Waals surface area (Å²) in [4.78, 5) is 5.50. The summed E-state index contributed by atoms with van der Waals surface area (Å²) in [6, 6.07) is 4.33. The zero-order valence-electron chi connectivity index (χ0n) is 10.6. The molecule has 0 aromatic carbocycles. The van der Waals surface area contributed by atoms with Crippen molar-refractivity contribution in [3.8, 4) is 10.7 Å². The van der Waals surface area contributed by atoms with E-state index in [1.54, 1.807) is 11.3 Å². The fraction of sp³-hybridized carbons (Fsp3) is 0.500. The first-order chi connectivity index (χ1) is 8.65. The first kappa shape index (κ1) is 13.7. The summed E-state index contributed by atoms with van der Waals surface area (Å²) in [5, 5.41) is 7.32. The van der Waals surface area contributed by atoms with Crippen molar-refractivity contribution >= 4 is 27.3 Å². The third kappa shape index (κ3) is 2.81. The number of thiophene rings is 1. The minimum Gasteiger partial charge on any atom is -0.339 e. The average molecular weight is 330 g/mol. The average Bonchev–Trinajstić information content (AvgIpc) is 2.98. The van der Waals surface area contributed by atoms with Crippen molar-refractivity contribution in [3.05, 3.63) is 21.8 Å². The third-order valence-corrected chi connectivity index (χ3v) is 4.66. The van der Waals surface area contributed by atoms with Gasteiger partial charge >= 0.3 is 0 Å². The number of halogens is 1. The minimum absolute atomic E-state index is 0.213. The molecule has 18 heavy (non-hydrogen) atoms. The molecule has 0 saturated heterocycles. The second-order valence-corrected chi connectivity index (χ2v) is 6.62. The summed E-state index contributed by atoms with van der Waals surface area (Å²) in [6.07, 6.45) is 1.03. The Labute approximate surface area is 119 Å². The summed E-state index contributed by atoms with van der Waals surface area (Å²) in [6.45, 7) is 4.25. The molecule has 6 heteroatoms. The van der Waals surface area contributed by atoms with Crippen LogP contribution in [0.3, 0.4) is 0 Å². The summed E-state index contributed by atoms with van der Waals surface area (Å²) >= 11 is 5.03. The third-order valence-electron chi connectivity index (χ3n) is 3.04. The molecule has 0 aliphatic rings. The molecule has 98 valence electrons. The standard InChI is InChI=1S/C12H16BrN3OS/c1-4-8(14-3)7(2)12-15-11(16-17-12)9-5-6-10(13)18-9/h5-8,14H,4H2,1-3H3. The second-order valence-electron chi connectivity index (χ2n) is 4.15. The summed E-state index contributed by atoms with van der Waals surface area (Å²) in [7, 11) is 1.96. The van der Waals surface area contributed by atoms with Gasteiger partial charge in [-0.1, -0.05) is 19.0 Å². The number of hydrogen-bond acceptors (Lipinski definition) is 5. The van der Waals surface area contributed by atoms with Crippen molar-refractivity contribution < 1.29 is 4.52 Å². The number of hydrogen-bond donors (Lipinski definition) is 1. The van der Waals surface area contributed by atoms with E-state index >= 15 is 0 Å². The van der Waals surface area contributed by atoms with E-state index in [0.717, 1.165) is 15.1 Å². The van der Waals surface area contributed by atoms with E-state index in [2.05, 4.69) is 45.2 Å². The summed E-state index contributed by atoms with van der Waals surface area (Å²) < 4.78 is 6.43. The molecule has 2 rings (SSSR count). The first-order valence-electron chi connectivity index (χ1n) is 5.92. The van der Waals surface area contributed by atoms with Gasteiger partial charge in [0.05, 0.1) is 14.6 Å². The molecular weight excluding hydrogens is 314 g/mol. The predicted molar refractivity (Wildman–Crippen MR) is 76.9 cm³/mol. The Bertz CT molecular complexity index is 507. The van der Waals surface area contributed by atoms with E-state index in [9.17, 15) is 0 Å². The summed E-state index contributed by atoms with van der Waals surface area (Å²) in [5.41, 5.74) is 0. The van der Waals surface area contributed by atoms with E-state index in [1.165, 1.54) is 0 Å². The minimum atomic E-state index is 0.213. The zero-order valence-corrected chi connectivity index (χ0v) is 13.0. The molecule has 0 spiro atoms. The molecule has 0 aliphatic heterocycles. The van der Waals surface area contributed by atoms with E-state index in [4.69, 9.17) is 4.52 Å². The number of likely N-dealkylation sites (N-methyl/N-ethyl adjacent to an activating group) is 1. The molecule has 2 aromatic heterocycles. The molecule has 2 atom stereocenters. The van der Waals surface area contributed by atoms with E-state index in [0.29, 0.717) is 17.8 Å². The highest BCUT2D eigenvalue weighted by Crippen LogP contribution is 2.30. The van der Waals surface area contributed by atoms with Crippen LogP contribution in [0.25, 0.3) is 10.7 Å². The lowest BCUT2D eigenvalue weighted by Crippen LogP contribution is -2.30. The lowest BCUT2D eigenvalue weighted by Gasteiger charge is -2.18. The Morgan fingerprint density at radius 2 is 2.28 bits per heavy atom. The summed E-state index contributed by atoms with van der Waals surface area (Å²) in [5.74, 6) is 1.57. The van der Waals surface area contributed by atoms with Gasteiger partial charge in [-0.15, -0.1) is 11.3 Å². The predicted octanol–water partition coefficient (Wildman–Crippen LogP) is 3.66. The molecular formula is C12H16BrN3OS. The van der Waals surface area contributed by atoms with E-state index < -0.39 is 0 Å². The number of nitrogens with zero attached hydrogens (tertiary/aromatic N) is 2. The Kier molecular flexibility index (Phi) is 4.53. The van der Waals surface area contributed by atoms with Crippen LogP contribution in [0.2, 0.25) is 0 Å². The highest BCUT2D eigenvalue weighted by molar-refractivity contribution is 9.11. The van der Waals surface area contributed by atoms with Gasteiger partial charge in [0.25, 0.3) is 0 Å². The van der Waals surface area contributed by atoms with Gasteiger partial charge in [0.1, 0.15) is 0 Å². The zero-order chi connectivity index (χ0) is 13.1. The molecule has 0 bridgehead atoms. The topological polar surface area (TPSA) is 51.0 Å². The van der Waals surface area contributed by atoms with Crippen LogP contribution in [0.15, 0.2) is 20.4 Å². The highest BCUT2D eigenvalue weighted by atomic mass is 79.9. The van der Waals surface area contributed by atoms with Crippen LogP contribution in [0.1, 0.15) is 32.1 Å². The maximum Gasteiger partial charge on any atom is 0.231 e. The maximum atomic E-state index is 5.36. The monoisotopic (exact) mass is 329 g/mol. The normalized spacial score (nSPS) is 14.7.